The summed E-state index contributed by atoms with van der Waals surface area (Å²) in [5.74, 6) is 0.254. The van der Waals surface area contributed by atoms with Gasteiger partial charge in [-0.15, -0.1) is 0 Å². The number of nitro groups is 1. The highest BCUT2D eigenvalue weighted by Gasteiger charge is 2.21. The molecule has 0 spiro atoms. The van der Waals surface area contributed by atoms with Gasteiger partial charge in [-0.05, 0) is 31.2 Å². The number of hydrogen-bond donors (Lipinski definition) is 0. The third kappa shape index (κ3) is 2.74. The molecule has 136 valence electrons. The van der Waals surface area contributed by atoms with Crippen molar-refractivity contribution in [1.29, 1.82) is 0 Å². The largest absolute Gasteiger partial charge is 0.283 e. The monoisotopic (exact) mass is 385 g/mol. The smallest absolute Gasteiger partial charge is 0.271 e. The molecule has 9 heteroatoms. The molecular weight excluding hydrogens is 373 g/mol. The van der Waals surface area contributed by atoms with Gasteiger partial charge in [0.15, 0.2) is 0 Å². The van der Waals surface area contributed by atoms with Crippen LogP contribution in [0.5, 0.6) is 0 Å². The maximum atomic E-state index is 13.5. The Morgan fingerprint density at radius 3 is 2.70 bits per heavy atom. The summed E-state index contributed by atoms with van der Waals surface area (Å²) in [6.07, 6.45) is 1.58. The standard InChI is InChI=1S/C18H13ClFN5O2/c1-10-17(13-5-3-11(20)7-14(13)19)18(23(2)22-10)24-9-21-15-8-12(25(26)27)4-6-16(15)24/h3-9H,1-2H3. The highest BCUT2D eigenvalue weighted by atomic mass is 35.5. The van der Waals surface area contributed by atoms with Gasteiger partial charge in [0.05, 0.1) is 26.7 Å². The molecule has 0 aliphatic carbocycles. The van der Waals surface area contributed by atoms with E-state index in [1.165, 1.54) is 24.3 Å². The lowest BCUT2D eigenvalue weighted by Crippen LogP contribution is -2.03. The van der Waals surface area contributed by atoms with E-state index in [0.717, 1.165) is 5.56 Å². The van der Waals surface area contributed by atoms with Crippen molar-refractivity contribution < 1.29 is 9.31 Å². The third-order valence-corrected chi connectivity index (χ3v) is 4.67. The molecule has 0 N–H and O–H groups in total. The molecule has 0 saturated carbocycles. The van der Waals surface area contributed by atoms with Gasteiger partial charge in [0, 0.05) is 30.3 Å². The first-order chi connectivity index (χ1) is 12.9. The van der Waals surface area contributed by atoms with Crippen molar-refractivity contribution in [3.63, 3.8) is 0 Å². The quantitative estimate of drug-likeness (QED) is 0.386. The molecule has 2 heterocycles. The van der Waals surface area contributed by atoms with Crippen LogP contribution in [0.1, 0.15) is 5.69 Å². The molecule has 0 amide bonds. The van der Waals surface area contributed by atoms with Crippen molar-refractivity contribution in [3.8, 4) is 16.9 Å². The molecule has 2 aromatic heterocycles. The predicted octanol–water partition coefficient (Wildman–Crippen LogP) is 4.44. The van der Waals surface area contributed by atoms with Gasteiger partial charge in [-0.3, -0.25) is 19.4 Å². The molecule has 7 nitrogen and oxygen atoms in total. The molecule has 0 aliphatic heterocycles. The lowest BCUT2D eigenvalue weighted by atomic mass is 10.1. The molecule has 0 unspecified atom stereocenters. The van der Waals surface area contributed by atoms with Gasteiger partial charge in [-0.2, -0.15) is 5.10 Å². The second-order valence-corrected chi connectivity index (χ2v) is 6.48. The van der Waals surface area contributed by atoms with Crippen molar-refractivity contribution in [1.82, 2.24) is 19.3 Å². The number of fused-ring (bicyclic) bond motifs is 1. The van der Waals surface area contributed by atoms with Gasteiger partial charge in [0.25, 0.3) is 5.69 Å². The zero-order valence-corrected chi connectivity index (χ0v) is 15.1. The number of imidazole rings is 1. The molecular formula is C18H13ClFN5O2. The first-order valence-electron chi connectivity index (χ1n) is 7.97. The number of halogens is 2. The molecule has 0 bridgehead atoms. The van der Waals surface area contributed by atoms with Gasteiger partial charge in [0.1, 0.15) is 18.0 Å². The Labute approximate surface area is 157 Å². The maximum Gasteiger partial charge on any atom is 0.271 e. The number of hydrogen-bond acceptors (Lipinski definition) is 4. The lowest BCUT2D eigenvalue weighted by molar-refractivity contribution is -0.384. The number of non-ortho nitro benzene ring substituents is 1. The number of aromatic nitrogens is 4. The van der Waals surface area contributed by atoms with Gasteiger partial charge in [-0.25, -0.2) is 9.37 Å². The summed E-state index contributed by atoms with van der Waals surface area (Å²) in [4.78, 5) is 14.8. The summed E-state index contributed by atoms with van der Waals surface area (Å²) in [6.45, 7) is 1.84. The van der Waals surface area contributed by atoms with E-state index in [9.17, 15) is 14.5 Å². The Hall–Kier alpha value is -3.26. The topological polar surface area (TPSA) is 78.8 Å². The molecule has 27 heavy (non-hydrogen) atoms. The van der Waals surface area contributed by atoms with Gasteiger partial charge in [0.2, 0.25) is 0 Å². The Morgan fingerprint density at radius 2 is 2.00 bits per heavy atom. The van der Waals surface area contributed by atoms with Crippen LogP contribution in [-0.4, -0.2) is 24.3 Å². The number of aryl methyl sites for hydroxylation is 2. The van der Waals surface area contributed by atoms with Crippen LogP contribution in [0.25, 0.3) is 28.0 Å². The minimum atomic E-state index is -0.462. The fourth-order valence-electron chi connectivity index (χ4n) is 3.21. The van der Waals surface area contributed by atoms with Crippen LogP contribution in [-0.2, 0) is 7.05 Å². The second-order valence-electron chi connectivity index (χ2n) is 6.08. The van der Waals surface area contributed by atoms with Crippen LogP contribution in [0.4, 0.5) is 10.1 Å². The predicted molar refractivity (Wildman–Crippen MR) is 99.6 cm³/mol. The van der Waals surface area contributed by atoms with Gasteiger partial charge >= 0.3 is 0 Å². The van der Waals surface area contributed by atoms with Gasteiger partial charge in [-0.1, -0.05) is 11.6 Å². The fourth-order valence-corrected chi connectivity index (χ4v) is 3.48. The number of benzene rings is 2. The molecule has 0 saturated heterocycles. The molecule has 0 fully saturated rings. The Bertz CT molecular complexity index is 1210. The first-order valence-corrected chi connectivity index (χ1v) is 8.35. The Balaban J connectivity index is 1.98. The normalized spacial score (nSPS) is 11.3. The molecule has 4 aromatic rings. The van der Waals surface area contributed by atoms with E-state index in [-0.39, 0.29) is 10.7 Å². The van der Waals surface area contributed by atoms with Crippen LogP contribution < -0.4 is 0 Å². The summed E-state index contributed by atoms with van der Waals surface area (Å²) in [5, 5.41) is 15.7. The average molecular weight is 386 g/mol. The summed E-state index contributed by atoms with van der Waals surface area (Å²) in [6, 6.07) is 8.68. The maximum absolute atomic E-state index is 13.5. The van der Waals surface area contributed by atoms with E-state index >= 15 is 0 Å². The van der Waals surface area contributed by atoms with E-state index in [0.29, 0.717) is 28.1 Å². The molecule has 0 radical (unpaired) electrons. The summed E-state index contributed by atoms with van der Waals surface area (Å²) < 4.78 is 16.9. The lowest BCUT2D eigenvalue weighted by Gasteiger charge is -2.10. The number of nitrogens with zero attached hydrogens (tertiary/aromatic N) is 5. The second kappa shape index (κ2) is 6.17. The Morgan fingerprint density at radius 1 is 1.22 bits per heavy atom. The van der Waals surface area contributed by atoms with Crippen molar-refractivity contribution in [2.75, 3.05) is 0 Å². The molecule has 4 rings (SSSR count). The summed E-state index contributed by atoms with van der Waals surface area (Å²) in [7, 11) is 1.78. The zero-order chi connectivity index (χ0) is 19.3. The average Bonchev–Trinajstić information content (AvgIpc) is 3.14. The van der Waals surface area contributed by atoms with Crippen LogP contribution in [0.15, 0.2) is 42.7 Å². The van der Waals surface area contributed by atoms with Crippen molar-refractivity contribution in [2.45, 2.75) is 6.92 Å². The van der Waals surface area contributed by atoms with Crippen LogP contribution in [0.2, 0.25) is 5.02 Å². The van der Waals surface area contributed by atoms with E-state index in [1.807, 2.05) is 6.92 Å². The highest BCUT2D eigenvalue weighted by molar-refractivity contribution is 6.33. The minimum Gasteiger partial charge on any atom is -0.283 e. The molecule has 2 aromatic carbocycles. The molecule has 0 atom stereocenters. The van der Waals surface area contributed by atoms with Crippen LogP contribution in [0.3, 0.4) is 0 Å². The van der Waals surface area contributed by atoms with Crippen LogP contribution in [0, 0.1) is 22.9 Å². The SMILES string of the molecule is Cc1nn(C)c(-n2cnc3cc([N+](=O)[O-])ccc32)c1-c1ccc(F)cc1Cl. The van der Waals surface area contributed by atoms with E-state index in [1.54, 1.807) is 34.8 Å². The highest BCUT2D eigenvalue weighted by Crippen LogP contribution is 2.36. The summed E-state index contributed by atoms with van der Waals surface area (Å²) in [5.41, 5.74) is 3.23. The van der Waals surface area contributed by atoms with Crippen molar-refractivity contribution in [3.05, 3.63) is 69.4 Å². The fraction of sp³-hybridized carbons (Fsp3) is 0.111. The van der Waals surface area contributed by atoms with E-state index < -0.39 is 10.7 Å². The van der Waals surface area contributed by atoms with E-state index in [4.69, 9.17) is 11.6 Å². The van der Waals surface area contributed by atoms with Gasteiger partial charge < -0.3 is 0 Å². The minimum absolute atomic E-state index is 0.0317. The molecule has 0 aliphatic rings. The third-order valence-electron chi connectivity index (χ3n) is 4.36. The van der Waals surface area contributed by atoms with Crippen LogP contribution >= 0.6 is 11.6 Å². The number of rotatable bonds is 3. The van der Waals surface area contributed by atoms with E-state index in [2.05, 4.69) is 10.1 Å². The number of nitro benzene ring substituents is 1. The zero-order valence-electron chi connectivity index (χ0n) is 14.3. The first kappa shape index (κ1) is 17.2. The Kier molecular flexibility index (Phi) is 3.92. The summed E-state index contributed by atoms with van der Waals surface area (Å²) >= 11 is 6.28. The van der Waals surface area contributed by atoms with Crippen molar-refractivity contribution >= 4 is 28.3 Å². The van der Waals surface area contributed by atoms with Crippen molar-refractivity contribution in [2.24, 2.45) is 7.05 Å².